The molecule has 26 heavy (non-hydrogen) atoms. The summed E-state index contributed by atoms with van der Waals surface area (Å²) in [4.78, 5) is 12.4. The average Bonchev–Trinajstić information content (AvgIpc) is 3.10. The normalized spacial score (nSPS) is 11.3. The number of carbonyl (C=O) groups is 1. The highest BCUT2D eigenvalue weighted by molar-refractivity contribution is 7.91. The van der Waals surface area contributed by atoms with E-state index in [1.165, 1.54) is 36.4 Å². The van der Waals surface area contributed by atoms with Crippen LogP contribution in [0.3, 0.4) is 0 Å². The lowest BCUT2D eigenvalue weighted by molar-refractivity contribution is 0.0991. The maximum Gasteiger partial charge on any atom is 0.291 e. The molecule has 0 unspecified atom stereocenters. The Balaban J connectivity index is 1.86. The molecule has 0 bridgehead atoms. The Labute approximate surface area is 160 Å². The molecule has 1 heterocycles. The predicted octanol–water partition coefficient (Wildman–Crippen LogP) is 4.98. The summed E-state index contributed by atoms with van der Waals surface area (Å²) < 4.78 is 30.4. The topological polar surface area (TPSA) is 76.4 Å². The van der Waals surface area contributed by atoms with Crippen LogP contribution in [0.5, 0.6) is 0 Å². The molecule has 8 heteroatoms. The maximum absolute atomic E-state index is 12.6. The van der Waals surface area contributed by atoms with Gasteiger partial charge >= 0.3 is 0 Å². The zero-order valence-electron chi connectivity index (χ0n) is 13.5. The first-order chi connectivity index (χ1) is 12.3. The highest BCUT2D eigenvalue weighted by Crippen LogP contribution is 2.26. The van der Waals surface area contributed by atoms with Crippen molar-refractivity contribution >= 4 is 44.6 Å². The molecule has 0 fully saturated rings. The van der Waals surface area contributed by atoms with E-state index in [9.17, 15) is 13.2 Å². The van der Waals surface area contributed by atoms with E-state index in [1.54, 1.807) is 25.1 Å². The van der Waals surface area contributed by atoms with E-state index in [4.69, 9.17) is 27.6 Å². The summed E-state index contributed by atoms with van der Waals surface area (Å²) >= 11 is 11.8. The third kappa shape index (κ3) is 3.62. The fourth-order valence-corrected chi connectivity index (χ4v) is 3.72. The minimum atomic E-state index is -3.88. The molecule has 1 amide bonds. The number of nitrogens with one attached hydrogen (secondary N) is 1. The van der Waals surface area contributed by atoms with Crippen molar-refractivity contribution in [2.75, 3.05) is 5.32 Å². The van der Waals surface area contributed by atoms with Crippen molar-refractivity contribution in [3.05, 3.63) is 76.0 Å². The molecular weight excluding hydrogens is 397 g/mol. The largest absolute Gasteiger partial charge is 0.439 e. The number of halogens is 2. The molecule has 3 aromatic rings. The first kappa shape index (κ1) is 18.5. The second-order valence-corrected chi connectivity index (χ2v) is 8.17. The standard InChI is InChI=1S/C18H13Cl2NO4S/c1-11-14(20)3-2-4-15(11)21-18(22)16-9-10-17(25-16)26(23,24)13-7-5-12(19)6-8-13/h2-10H,1H3,(H,21,22). The van der Waals surface area contributed by atoms with Crippen LogP contribution in [0, 0.1) is 6.92 Å². The summed E-state index contributed by atoms with van der Waals surface area (Å²) in [6, 6.07) is 13.3. The Morgan fingerprint density at radius 2 is 1.69 bits per heavy atom. The van der Waals surface area contributed by atoms with Gasteiger partial charge in [0.15, 0.2) is 5.76 Å². The lowest BCUT2D eigenvalue weighted by Crippen LogP contribution is -2.12. The average molecular weight is 410 g/mol. The van der Waals surface area contributed by atoms with Gasteiger partial charge in [0.2, 0.25) is 14.9 Å². The summed E-state index contributed by atoms with van der Waals surface area (Å²) in [6.07, 6.45) is 0. The fraction of sp³-hybridized carbons (Fsp3) is 0.0556. The molecule has 0 saturated heterocycles. The van der Waals surface area contributed by atoms with Crippen molar-refractivity contribution < 1.29 is 17.6 Å². The van der Waals surface area contributed by atoms with Crippen LogP contribution in [0.1, 0.15) is 16.1 Å². The van der Waals surface area contributed by atoms with Crippen molar-refractivity contribution in [3.63, 3.8) is 0 Å². The van der Waals surface area contributed by atoms with Crippen LogP contribution >= 0.6 is 23.2 Å². The number of furan rings is 1. The lowest BCUT2D eigenvalue weighted by Gasteiger charge is -2.08. The van der Waals surface area contributed by atoms with E-state index in [0.29, 0.717) is 21.3 Å². The van der Waals surface area contributed by atoms with Crippen LogP contribution < -0.4 is 5.32 Å². The van der Waals surface area contributed by atoms with E-state index in [1.807, 2.05) is 0 Å². The first-order valence-corrected chi connectivity index (χ1v) is 9.70. The second-order valence-electron chi connectivity index (χ2n) is 5.44. The van der Waals surface area contributed by atoms with Gasteiger partial charge in [-0.2, -0.15) is 0 Å². The fourth-order valence-electron chi connectivity index (χ4n) is 2.24. The summed E-state index contributed by atoms with van der Waals surface area (Å²) in [5.41, 5.74) is 1.21. The van der Waals surface area contributed by atoms with Crippen LogP contribution in [0.15, 0.2) is 69.0 Å². The van der Waals surface area contributed by atoms with Gasteiger partial charge in [-0.1, -0.05) is 29.3 Å². The molecular formula is C18H13Cl2NO4S. The van der Waals surface area contributed by atoms with Gasteiger partial charge in [-0.15, -0.1) is 0 Å². The molecule has 5 nitrogen and oxygen atoms in total. The van der Waals surface area contributed by atoms with Crippen molar-refractivity contribution in [3.8, 4) is 0 Å². The second kappa shape index (κ2) is 7.15. The molecule has 0 atom stereocenters. The number of amides is 1. The predicted molar refractivity (Wildman–Crippen MR) is 99.8 cm³/mol. The molecule has 3 rings (SSSR count). The zero-order chi connectivity index (χ0) is 18.9. The Kier molecular flexibility index (Phi) is 5.09. The third-order valence-electron chi connectivity index (χ3n) is 3.71. The Hall–Kier alpha value is -2.28. The van der Waals surface area contributed by atoms with E-state index >= 15 is 0 Å². The number of carbonyl (C=O) groups excluding carboxylic acids is 1. The molecule has 0 aliphatic rings. The SMILES string of the molecule is Cc1c(Cl)cccc1NC(=O)c1ccc(S(=O)(=O)c2ccc(Cl)cc2)o1. The van der Waals surface area contributed by atoms with Gasteiger partial charge in [-0.05, 0) is 61.0 Å². The Morgan fingerprint density at radius 3 is 2.38 bits per heavy atom. The van der Waals surface area contributed by atoms with Crippen molar-refractivity contribution in [1.82, 2.24) is 0 Å². The highest BCUT2D eigenvalue weighted by atomic mass is 35.5. The number of hydrogen-bond donors (Lipinski definition) is 1. The number of anilines is 1. The smallest absolute Gasteiger partial charge is 0.291 e. The molecule has 2 aromatic carbocycles. The van der Waals surface area contributed by atoms with Gasteiger partial charge in [-0.3, -0.25) is 4.79 Å². The number of hydrogen-bond acceptors (Lipinski definition) is 4. The van der Waals surface area contributed by atoms with Gasteiger partial charge in [-0.25, -0.2) is 8.42 Å². The number of benzene rings is 2. The summed E-state index contributed by atoms with van der Waals surface area (Å²) in [6.45, 7) is 1.76. The van der Waals surface area contributed by atoms with Gasteiger partial charge in [0, 0.05) is 15.7 Å². The molecule has 1 N–H and O–H groups in total. The monoisotopic (exact) mass is 409 g/mol. The van der Waals surface area contributed by atoms with Gasteiger partial charge in [0.05, 0.1) is 4.90 Å². The molecule has 0 radical (unpaired) electrons. The van der Waals surface area contributed by atoms with E-state index in [-0.39, 0.29) is 15.7 Å². The molecule has 0 saturated carbocycles. The Morgan fingerprint density at radius 1 is 1.00 bits per heavy atom. The van der Waals surface area contributed by atoms with Gasteiger partial charge in [0.25, 0.3) is 5.91 Å². The van der Waals surface area contributed by atoms with E-state index in [0.717, 1.165) is 0 Å². The third-order valence-corrected chi connectivity index (χ3v) is 6.01. The van der Waals surface area contributed by atoms with E-state index < -0.39 is 15.7 Å². The summed E-state index contributed by atoms with van der Waals surface area (Å²) in [7, 11) is -3.88. The van der Waals surface area contributed by atoms with Crippen LogP contribution in [0.2, 0.25) is 10.0 Å². The first-order valence-electron chi connectivity index (χ1n) is 7.46. The molecule has 0 aliphatic carbocycles. The molecule has 0 aliphatic heterocycles. The van der Waals surface area contributed by atoms with Gasteiger partial charge in [0.1, 0.15) is 0 Å². The van der Waals surface area contributed by atoms with Gasteiger partial charge < -0.3 is 9.73 Å². The van der Waals surface area contributed by atoms with Crippen molar-refractivity contribution in [2.24, 2.45) is 0 Å². The molecule has 0 spiro atoms. The van der Waals surface area contributed by atoms with Crippen LogP contribution in [-0.4, -0.2) is 14.3 Å². The van der Waals surface area contributed by atoms with Crippen molar-refractivity contribution in [1.29, 1.82) is 0 Å². The maximum atomic E-state index is 12.6. The molecule has 134 valence electrons. The number of sulfone groups is 1. The summed E-state index contributed by atoms with van der Waals surface area (Å²) in [5.74, 6) is -0.704. The minimum absolute atomic E-state index is 0.0221. The quantitative estimate of drug-likeness (QED) is 0.658. The lowest BCUT2D eigenvalue weighted by atomic mass is 10.2. The highest BCUT2D eigenvalue weighted by Gasteiger charge is 2.23. The van der Waals surface area contributed by atoms with E-state index in [2.05, 4.69) is 5.32 Å². The van der Waals surface area contributed by atoms with Crippen LogP contribution in [0.25, 0.3) is 0 Å². The van der Waals surface area contributed by atoms with Crippen molar-refractivity contribution in [2.45, 2.75) is 16.9 Å². The van der Waals surface area contributed by atoms with Crippen LogP contribution in [-0.2, 0) is 9.84 Å². The molecule has 1 aromatic heterocycles. The van der Waals surface area contributed by atoms with Crippen LogP contribution in [0.4, 0.5) is 5.69 Å². The zero-order valence-corrected chi connectivity index (χ0v) is 15.8. The number of rotatable bonds is 4. The summed E-state index contributed by atoms with van der Waals surface area (Å²) in [5, 5.41) is 3.25. The minimum Gasteiger partial charge on any atom is -0.439 e. The Bertz CT molecular complexity index is 1070.